The number of nitrogens with two attached hydrogens (primary N) is 1. The Morgan fingerprint density at radius 2 is 1.88 bits per heavy atom. The van der Waals surface area contributed by atoms with Gasteiger partial charge in [-0.1, -0.05) is 43.2 Å². The second kappa shape index (κ2) is 4.83. The molecule has 0 radical (unpaired) electrons. The zero-order valence-corrected chi connectivity index (χ0v) is 11.3. The maximum Gasteiger partial charge on any atom is 0.0406 e. The van der Waals surface area contributed by atoms with Crippen LogP contribution in [0.2, 0.25) is 5.02 Å². The van der Waals surface area contributed by atoms with Crippen LogP contribution >= 0.6 is 11.6 Å². The normalized spacial score (nSPS) is 19.5. The van der Waals surface area contributed by atoms with Crippen LogP contribution in [0.4, 0.5) is 0 Å². The molecule has 0 bridgehead atoms. The highest BCUT2D eigenvalue weighted by atomic mass is 35.5. The molecule has 1 aliphatic carbocycles. The number of benzene rings is 1. The molecule has 1 aliphatic rings. The van der Waals surface area contributed by atoms with E-state index in [9.17, 15) is 0 Å². The Morgan fingerprint density at radius 3 is 2.47 bits per heavy atom. The second-order valence-electron chi connectivity index (χ2n) is 5.63. The van der Waals surface area contributed by atoms with Crippen molar-refractivity contribution in [3.63, 3.8) is 0 Å². The first-order valence-electron chi connectivity index (χ1n) is 6.19. The van der Waals surface area contributed by atoms with Crippen LogP contribution in [-0.4, -0.2) is 6.54 Å². The van der Waals surface area contributed by atoms with Gasteiger partial charge in [0.15, 0.2) is 0 Å². The van der Waals surface area contributed by atoms with Gasteiger partial charge in [-0.2, -0.15) is 0 Å². The van der Waals surface area contributed by atoms with Gasteiger partial charge in [-0.15, -0.1) is 0 Å². The van der Waals surface area contributed by atoms with E-state index in [-0.39, 0.29) is 0 Å². The molecule has 0 saturated carbocycles. The minimum Gasteiger partial charge on any atom is -0.327 e. The van der Waals surface area contributed by atoms with Crippen LogP contribution in [0.25, 0.3) is 5.57 Å². The summed E-state index contributed by atoms with van der Waals surface area (Å²) in [5, 5.41) is 0.791. The molecule has 2 N–H and O–H groups in total. The minimum absolute atomic E-state index is 0.393. The van der Waals surface area contributed by atoms with Crippen molar-refractivity contribution in [2.75, 3.05) is 6.54 Å². The van der Waals surface area contributed by atoms with Crippen molar-refractivity contribution in [2.24, 2.45) is 11.1 Å². The lowest BCUT2D eigenvalue weighted by Gasteiger charge is -2.33. The van der Waals surface area contributed by atoms with E-state index in [0.29, 0.717) is 12.0 Å². The van der Waals surface area contributed by atoms with Crippen molar-refractivity contribution < 1.29 is 0 Å². The summed E-state index contributed by atoms with van der Waals surface area (Å²) in [5.41, 5.74) is 10.4. The fraction of sp³-hybridized carbons (Fsp3) is 0.467. The summed E-state index contributed by atoms with van der Waals surface area (Å²) in [7, 11) is 0. The van der Waals surface area contributed by atoms with Crippen LogP contribution in [0.5, 0.6) is 0 Å². The molecule has 17 heavy (non-hydrogen) atoms. The molecule has 2 heteroatoms. The van der Waals surface area contributed by atoms with Gasteiger partial charge in [0.05, 0.1) is 0 Å². The van der Waals surface area contributed by atoms with E-state index in [4.69, 9.17) is 17.3 Å². The minimum atomic E-state index is 0.393. The Kier molecular flexibility index (Phi) is 3.60. The lowest BCUT2D eigenvalue weighted by molar-refractivity contribution is 0.323. The number of halogens is 1. The van der Waals surface area contributed by atoms with Gasteiger partial charge in [0.2, 0.25) is 0 Å². The van der Waals surface area contributed by atoms with Crippen molar-refractivity contribution in [2.45, 2.75) is 33.1 Å². The molecule has 0 spiro atoms. The topological polar surface area (TPSA) is 26.0 Å². The van der Waals surface area contributed by atoms with Gasteiger partial charge in [0.1, 0.15) is 0 Å². The average molecular weight is 250 g/mol. The van der Waals surface area contributed by atoms with Gasteiger partial charge in [-0.3, -0.25) is 0 Å². The summed E-state index contributed by atoms with van der Waals surface area (Å²) in [6.07, 6.45) is 3.47. The smallest absolute Gasteiger partial charge is 0.0406 e. The van der Waals surface area contributed by atoms with E-state index in [2.05, 4.69) is 26.0 Å². The quantitative estimate of drug-likeness (QED) is 0.833. The highest BCUT2D eigenvalue weighted by Crippen LogP contribution is 2.41. The first-order valence-corrected chi connectivity index (χ1v) is 6.56. The third-order valence-corrected chi connectivity index (χ3v) is 3.86. The number of rotatable bonds is 2. The van der Waals surface area contributed by atoms with Gasteiger partial charge >= 0.3 is 0 Å². The number of hydrogen-bond acceptors (Lipinski definition) is 1. The SMILES string of the molecule is CC1(C)CCC(c2ccc(Cl)cc2)=C(CN)C1. The number of hydrogen-bond donors (Lipinski definition) is 1. The maximum absolute atomic E-state index is 5.93. The fourth-order valence-corrected chi connectivity index (χ4v) is 2.73. The van der Waals surface area contributed by atoms with Crippen molar-refractivity contribution in [1.82, 2.24) is 0 Å². The summed E-state index contributed by atoms with van der Waals surface area (Å²) in [5.74, 6) is 0. The highest BCUT2D eigenvalue weighted by molar-refractivity contribution is 6.30. The summed E-state index contributed by atoms with van der Waals surface area (Å²) >= 11 is 5.93. The van der Waals surface area contributed by atoms with E-state index < -0.39 is 0 Å². The van der Waals surface area contributed by atoms with Gasteiger partial charge in [0.25, 0.3) is 0 Å². The summed E-state index contributed by atoms with van der Waals surface area (Å²) < 4.78 is 0. The lowest BCUT2D eigenvalue weighted by Crippen LogP contribution is -2.21. The van der Waals surface area contributed by atoms with Gasteiger partial charge in [0, 0.05) is 11.6 Å². The van der Waals surface area contributed by atoms with Crippen LogP contribution in [0, 0.1) is 5.41 Å². The first kappa shape index (κ1) is 12.7. The zero-order chi connectivity index (χ0) is 12.5. The molecule has 0 unspecified atom stereocenters. The molecular weight excluding hydrogens is 230 g/mol. The predicted octanol–water partition coefficient (Wildman–Crippen LogP) is 4.26. The molecule has 0 amide bonds. The molecule has 2 rings (SSSR count). The Morgan fingerprint density at radius 1 is 1.24 bits per heavy atom. The standard InChI is InChI=1S/C15H20ClN/c1-15(2)8-7-14(12(9-15)10-17)11-3-5-13(16)6-4-11/h3-6H,7-10,17H2,1-2H3. The van der Waals surface area contributed by atoms with E-state index in [0.717, 1.165) is 17.9 Å². The van der Waals surface area contributed by atoms with E-state index >= 15 is 0 Å². The molecule has 0 aliphatic heterocycles. The van der Waals surface area contributed by atoms with Crippen LogP contribution in [-0.2, 0) is 0 Å². The lowest BCUT2D eigenvalue weighted by atomic mass is 9.73. The molecule has 0 atom stereocenters. The van der Waals surface area contributed by atoms with Gasteiger partial charge < -0.3 is 5.73 Å². The van der Waals surface area contributed by atoms with Crippen molar-refractivity contribution in [3.8, 4) is 0 Å². The molecule has 0 aromatic heterocycles. The van der Waals surface area contributed by atoms with Crippen LogP contribution in [0.3, 0.4) is 0 Å². The molecule has 0 fully saturated rings. The summed E-state index contributed by atoms with van der Waals surface area (Å²) in [4.78, 5) is 0. The Bertz CT molecular complexity index is 429. The average Bonchev–Trinajstić information content (AvgIpc) is 2.29. The van der Waals surface area contributed by atoms with E-state index in [1.165, 1.54) is 23.1 Å². The molecule has 1 aromatic carbocycles. The van der Waals surface area contributed by atoms with Crippen molar-refractivity contribution in [3.05, 3.63) is 40.4 Å². The molecule has 92 valence electrons. The third-order valence-electron chi connectivity index (χ3n) is 3.61. The van der Waals surface area contributed by atoms with E-state index in [1.807, 2.05) is 12.1 Å². The Hall–Kier alpha value is -0.790. The molecule has 0 saturated heterocycles. The largest absolute Gasteiger partial charge is 0.327 e. The molecule has 1 nitrogen and oxygen atoms in total. The van der Waals surface area contributed by atoms with Crippen LogP contribution in [0.1, 0.15) is 38.7 Å². The summed E-state index contributed by atoms with van der Waals surface area (Å²) in [6, 6.07) is 8.12. The van der Waals surface area contributed by atoms with Gasteiger partial charge in [-0.05, 0) is 47.9 Å². The fourth-order valence-electron chi connectivity index (χ4n) is 2.61. The van der Waals surface area contributed by atoms with Crippen molar-refractivity contribution in [1.29, 1.82) is 0 Å². The molecular formula is C15H20ClN. The Labute approximate surface area is 109 Å². The third kappa shape index (κ3) is 2.91. The molecule has 0 heterocycles. The summed E-state index contributed by atoms with van der Waals surface area (Å²) in [6.45, 7) is 5.31. The van der Waals surface area contributed by atoms with Crippen LogP contribution < -0.4 is 5.73 Å². The zero-order valence-electron chi connectivity index (χ0n) is 10.6. The highest BCUT2D eigenvalue weighted by Gasteiger charge is 2.26. The Balaban J connectivity index is 2.36. The predicted molar refractivity (Wildman–Crippen MR) is 75.1 cm³/mol. The second-order valence-corrected chi connectivity index (χ2v) is 6.07. The molecule has 1 aromatic rings. The first-order chi connectivity index (χ1) is 8.02. The monoisotopic (exact) mass is 249 g/mol. The van der Waals surface area contributed by atoms with Crippen molar-refractivity contribution >= 4 is 17.2 Å². The van der Waals surface area contributed by atoms with Gasteiger partial charge in [-0.25, -0.2) is 0 Å². The number of allylic oxidation sites excluding steroid dienone is 1. The van der Waals surface area contributed by atoms with Crippen LogP contribution in [0.15, 0.2) is 29.8 Å². The maximum atomic E-state index is 5.93. The van der Waals surface area contributed by atoms with E-state index in [1.54, 1.807) is 0 Å².